The minimum atomic E-state index is -3.98. The number of nitrogens with one attached hydrogen (secondary N) is 1. The van der Waals surface area contributed by atoms with Crippen LogP contribution < -0.4 is 9.62 Å². The van der Waals surface area contributed by atoms with Crippen molar-refractivity contribution < 1.29 is 17.6 Å². The number of aryl methyl sites for hydroxylation is 1. The van der Waals surface area contributed by atoms with E-state index in [1.165, 1.54) is 36.4 Å². The molecule has 146 valence electrons. The molecule has 0 aliphatic rings. The van der Waals surface area contributed by atoms with Crippen molar-refractivity contribution in [2.45, 2.75) is 38.6 Å². The van der Waals surface area contributed by atoms with E-state index >= 15 is 0 Å². The number of hydrogen-bond acceptors (Lipinski definition) is 3. The van der Waals surface area contributed by atoms with E-state index in [1.54, 1.807) is 12.1 Å². The van der Waals surface area contributed by atoms with E-state index in [0.29, 0.717) is 0 Å². The maximum atomic E-state index is 13.3. The monoisotopic (exact) mass is 392 g/mol. The lowest BCUT2D eigenvalue weighted by Gasteiger charge is -2.25. The number of benzene rings is 2. The molecule has 2 aromatic carbocycles. The average Bonchev–Trinajstić information content (AvgIpc) is 2.60. The summed E-state index contributed by atoms with van der Waals surface area (Å²) in [7, 11) is -3.98. The van der Waals surface area contributed by atoms with Crippen LogP contribution in [0.4, 0.5) is 10.1 Å². The first kappa shape index (κ1) is 20.9. The predicted octanol–water partition coefficient (Wildman–Crippen LogP) is 3.49. The van der Waals surface area contributed by atoms with Gasteiger partial charge < -0.3 is 5.32 Å². The Balaban J connectivity index is 2.39. The van der Waals surface area contributed by atoms with Crippen LogP contribution in [-0.4, -0.2) is 26.9 Å². The number of sulfonamides is 1. The molecule has 1 unspecified atom stereocenters. The Morgan fingerprint density at radius 1 is 1.04 bits per heavy atom. The van der Waals surface area contributed by atoms with E-state index in [-0.39, 0.29) is 29.1 Å². The first-order valence-electron chi connectivity index (χ1n) is 8.75. The van der Waals surface area contributed by atoms with Crippen LogP contribution in [0.25, 0.3) is 0 Å². The van der Waals surface area contributed by atoms with Crippen molar-refractivity contribution >= 4 is 21.6 Å². The van der Waals surface area contributed by atoms with Crippen molar-refractivity contribution in [1.29, 1.82) is 0 Å². The van der Waals surface area contributed by atoms with Crippen LogP contribution in [0.15, 0.2) is 53.4 Å². The fraction of sp³-hybridized carbons (Fsp3) is 0.350. The highest BCUT2D eigenvalue weighted by Gasteiger charge is 2.27. The second-order valence-electron chi connectivity index (χ2n) is 6.90. The van der Waals surface area contributed by atoms with Gasteiger partial charge in [-0.05, 0) is 56.2 Å². The summed E-state index contributed by atoms with van der Waals surface area (Å²) in [5.74, 6) is -0.692. The van der Waals surface area contributed by atoms with Gasteiger partial charge in [-0.25, -0.2) is 12.8 Å². The molecule has 0 saturated carbocycles. The summed E-state index contributed by atoms with van der Waals surface area (Å²) < 4.78 is 40.6. The van der Waals surface area contributed by atoms with Crippen molar-refractivity contribution in [3.8, 4) is 0 Å². The van der Waals surface area contributed by atoms with E-state index in [4.69, 9.17) is 0 Å². The van der Waals surface area contributed by atoms with Crippen molar-refractivity contribution in [2.24, 2.45) is 5.92 Å². The average molecular weight is 392 g/mol. The SMILES string of the molecule is Cc1ccc(S(=O)(=O)N(CC(=O)NC(C)C(C)C)c2ccc(F)cc2)cc1. The van der Waals surface area contributed by atoms with Gasteiger partial charge in [-0.15, -0.1) is 0 Å². The van der Waals surface area contributed by atoms with Crippen LogP contribution in [0.1, 0.15) is 26.3 Å². The van der Waals surface area contributed by atoms with Gasteiger partial charge in [0.25, 0.3) is 10.0 Å². The Kier molecular flexibility index (Phi) is 6.59. The summed E-state index contributed by atoms with van der Waals surface area (Å²) in [6.07, 6.45) is 0. The van der Waals surface area contributed by atoms with Gasteiger partial charge in [-0.3, -0.25) is 9.10 Å². The molecule has 0 spiro atoms. The molecule has 0 aromatic heterocycles. The largest absolute Gasteiger partial charge is 0.352 e. The summed E-state index contributed by atoms with van der Waals surface area (Å²) in [5.41, 5.74) is 1.15. The Morgan fingerprint density at radius 3 is 2.11 bits per heavy atom. The molecule has 0 radical (unpaired) electrons. The van der Waals surface area contributed by atoms with Gasteiger partial charge >= 0.3 is 0 Å². The molecule has 0 saturated heterocycles. The lowest BCUT2D eigenvalue weighted by molar-refractivity contribution is -0.120. The number of rotatable bonds is 7. The van der Waals surface area contributed by atoms with Crippen molar-refractivity contribution in [2.75, 3.05) is 10.8 Å². The van der Waals surface area contributed by atoms with Crippen LogP contribution in [-0.2, 0) is 14.8 Å². The number of anilines is 1. The lowest BCUT2D eigenvalue weighted by Crippen LogP contribution is -2.45. The van der Waals surface area contributed by atoms with Crippen molar-refractivity contribution in [3.05, 3.63) is 59.9 Å². The number of nitrogens with zero attached hydrogens (tertiary/aromatic N) is 1. The Hall–Kier alpha value is -2.41. The third-order valence-corrected chi connectivity index (χ3v) is 6.19. The molecular weight excluding hydrogens is 367 g/mol. The van der Waals surface area contributed by atoms with Crippen LogP contribution >= 0.6 is 0 Å². The molecule has 2 rings (SSSR count). The zero-order valence-corrected chi connectivity index (χ0v) is 16.8. The van der Waals surface area contributed by atoms with Crippen LogP contribution in [0.2, 0.25) is 0 Å². The standard InChI is InChI=1S/C20H25FN2O3S/c1-14(2)16(4)22-20(24)13-23(18-9-7-17(21)8-10-18)27(25,26)19-11-5-15(3)6-12-19/h5-12,14,16H,13H2,1-4H3,(H,22,24). The zero-order valence-electron chi connectivity index (χ0n) is 15.9. The Labute approximate surface area is 160 Å². The van der Waals surface area contributed by atoms with E-state index in [2.05, 4.69) is 5.32 Å². The van der Waals surface area contributed by atoms with Crippen LogP contribution in [0.3, 0.4) is 0 Å². The van der Waals surface area contributed by atoms with Gasteiger partial charge in [0, 0.05) is 6.04 Å². The first-order valence-corrected chi connectivity index (χ1v) is 10.2. The summed E-state index contributed by atoms with van der Waals surface area (Å²) in [6.45, 7) is 7.25. The number of carbonyl (C=O) groups excluding carboxylic acids is 1. The molecule has 2 aromatic rings. The quantitative estimate of drug-likeness (QED) is 0.784. The number of carbonyl (C=O) groups is 1. The van der Waals surface area contributed by atoms with Gasteiger partial charge in [0.05, 0.1) is 10.6 Å². The maximum Gasteiger partial charge on any atom is 0.264 e. The van der Waals surface area contributed by atoms with Gasteiger partial charge in [0.15, 0.2) is 0 Å². The molecule has 5 nitrogen and oxygen atoms in total. The molecule has 0 aliphatic carbocycles. The molecule has 1 amide bonds. The summed E-state index contributed by atoms with van der Waals surface area (Å²) in [4.78, 5) is 12.5. The van der Waals surface area contributed by atoms with E-state index < -0.39 is 21.7 Å². The molecule has 0 bridgehead atoms. The highest BCUT2D eigenvalue weighted by Crippen LogP contribution is 2.24. The van der Waals surface area contributed by atoms with Gasteiger partial charge in [-0.2, -0.15) is 0 Å². The summed E-state index contributed by atoms with van der Waals surface area (Å²) in [5, 5.41) is 2.80. The van der Waals surface area contributed by atoms with Crippen LogP contribution in [0.5, 0.6) is 0 Å². The molecular formula is C20H25FN2O3S. The van der Waals surface area contributed by atoms with Gasteiger partial charge in [0.2, 0.25) is 5.91 Å². The fourth-order valence-electron chi connectivity index (χ4n) is 2.36. The molecule has 7 heteroatoms. The van der Waals surface area contributed by atoms with Gasteiger partial charge in [0.1, 0.15) is 12.4 Å². The van der Waals surface area contributed by atoms with E-state index in [1.807, 2.05) is 27.7 Å². The zero-order chi connectivity index (χ0) is 20.2. The second-order valence-corrected chi connectivity index (χ2v) is 8.76. The number of hydrogen-bond donors (Lipinski definition) is 1. The Bertz CT molecular complexity index is 878. The predicted molar refractivity (Wildman–Crippen MR) is 105 cm³/mol. The highest BCUT2D eigenvalue weighted by atomic mass is 32.2. The highest BCUT2D eigenvalue weighted by molar-refractivity contribution is 7.92. The maximum absolute atomic E-state index is 13.3. The van der Waals surface area contributed by atoms with E-state index in [0.717, 1.165) is 9.87 Å². The fourth-order valence-corrected chi connectivity index (χ4v) is 3.78. The van der Waals surface area contributed by atoms with Crippen LogP contribution in [0, 0.1) is 18.7 Å². The topological polar surface area (TPSA) is 66.5 Å². The number of halogens is 1. The third kappa shape index (κ3) is 5.29. The Morgan fingerprint density at radius 2 is 1.59 bits per heavy atom. The molecule has 1 N–H and O–H groups in total. The normalized spacial score (nSPS) is 12.7. The molecule has 0 fully saturated rings. The van der Waals surface area contributed by atoms with Crippen molar-refractivity contribution in [1.82, 2.24) is 5.32 Å². The number of amides is 1. The van der Waals surface area contributed by atoms with Gasteiger partial charge in [-0.1, -0.05) is 31.5 Å². The van der Waals surface area contributed by atoms with E-state index in [9.17, 15) is 17.6 Å². The minimum absolute atomic E-state index is 0.0714. The summed E-state index contributed by atoms with van der Waals surface area (Å²) >= 11 is 0. The minimum Gasteiger partial charge on any atom is -0.352 e. The third-order valence-electron chi connectivity index (χ3n) is 4.40. The first-order chi connectivity index (χ1) is 12.6. The van der Waals surface area contributed by atoms with Crippen molar-refractivity contribution in [3.63, 3.8) is 0 Å². The summed E-state index contributed by atoms with van der Waals surface area (Å²) in [6, 6.07) is 11.3. The molecule has 27 heavy (non-hydrogen) atoms. The molecule has 1 atom stereocenters. The molecule has 0 aliphatic heterocycles. The smallest absolute Gasteiger partial charge is 0.264 e. The molecule has 0 heterocycles. The lowest BCUT2D eigenvalue weighted by atomic mass is 10.1. The second kappa shape index (κ2) is 8.52.